The lowest BCUT2D eigenvalue weighted by molar-refractivity contribution is 0.00358. The van der Waals surface area contributed by atoms with Crippen molar-refractivity contribution in [2.45, 2.75) is 297 Å². The number of fused-ring (bicyclic) bond motifs is 3. The summed E-state index contributed by atoms with van der Waals surface area (Å²) in [5.41, 5.74) is 10.5. The predicted molar refractivity (Wildman–Crippen MR) is 342 cm³/mol. The van der Waals surface area contributed by atoms with Crippen LogP contribution >= 0.6 is 0 Å². The quantitative estimate of drug-likeness (QED) is 0.128. The normalized spacial score (nSPS) is 41.5. The van der Waals surface area contributed by atoms with Crippen LogP contribution in [-0.4, -0.2) is 67.3 Å². The van der Waals surface area contributed by atoms with Gasteiger partial charge in [0, 0.05) is 13.3 Å². The Morgan fingerprint density at radius 3 is 0.949 bits per heavy atom. The first kappa shape index (κ1) is 71.2. The van der Waals surface area contributed by atoms with Crippen LogP contribution in [0.5, 0.6) is 0 Å². The third-order valence-electron chi connectivity index (χ3n) is 23.8. The summed E-state index contributed by atoms with van der Waals surface area (Å²) < 4.78 is 0. The number of aliphatic hydroxyl groups is 6. The summed E-state index contributed by atoms with van der Waals surface area (Å²) in [6.07, 6.45) is 38.9. The zero-order valence-corrected chi connectivity index (χ0v) is 49.6. The second kappa shape index (κ2) is 30.7. The van der Waals surface area contributed by atoms with E-state index in [0.717, 1.165) is 84.5 Å². The van der Waals surface area contributed by atoms with E-state index in [9.17, 15) is 30.6 Å². The van der Waals surface area contributed by atoms with Gasteiger partial charge in [-0.25, -0.2) is 0 Å². The van der Waals surface area contributed by atoms with Gasteiger partial charge in [0.05, 0.1) is 36.6 Å². The van der Waals surface area contributed by atoms with E-state index in [1.54, 1.807) is 16.7 Å². The second-order valence-electron chi connectivity index (χ2n) is 28.0. The van der Waals surface area contributed by atoms with E-state index in [4.69, 9.17) is 0 Å². The van der Waals surface area contributed by atoms with Crippen molar-refractivity contribution in [3.63, 3.8) is 0 Å². The Morgan fingerprint density at radius 1 is 0.443 bits per heavy atom. The number of allylic oxidation sites excluding steroid dienone is 9. The molecule has 458 valence electrons. The van der Waals surface area contributed by atoms with Gasteiger partial charge in [-0.3, -0.25) is 0 Å². The van der Waals surface area contributed by atoms with Gasteiger partial charge in [-0.1, -0.05) is 202 Å². The molecule has 6 N–H and O–H groups in total. The number of hydrogen-bond donors (Lipinski definition) is 6. The van der Waals surface area contributed by atoms with Gasteiger partial charge < -0.3 is 30.6 Å². The molecule has 79 heavy (non-hydrogen) atoms. The van der Waals surface area contributed by atoms with Crippen LogP contribution in [-0.2, 0) is 0 Å². The minimum absolute atomic E-state index is 0. The molecule has 0 bridgehead atoms. The van der Waals surface area contributed by atoms with Crippen molar-refractivity contribution in [2.75, 3.05) is 0 Å². The first-order valence-electron chi connectivity index (χ1n) is 31.5. The number of aliphatic hydroxyl groups excluding tert-OH is 6. The maximum absolute atomic E-state index is 10.1. The molecule has 9 aliphatic rings. The van der Waals surface area contributed by atoms with Crippen molar-refractivity contribution >= 4 is 0 Å². The van der Waals surface area contributed by atoms with Crippen LogP contribution in [0.15, 0.2) is 82.0 Å². The molecule has 0 heterocycles. The Balaban J connectivity index is 0.000000398. The molecule has 0 amide bonds. The van der Waals surface area contributed by atoms with E-state index in [1.165, 1.54) is 127 Å². The van der Waals surface area contributed by atoms with Crippen LogP contribution in [0.1, 0.15) is 261 Å². The van der Waals surface area contributed by atoms with Crippen molar-refractivity contribution in [1.82, 2.24) is 0 Å². The fourth-order valence-electron chi connectivity index (χ4n) is 18.1. The van der Waals surface area contributed by atoms with Crippen molar-refractivity contribution in [2.24, 2.45) is 81.3 Å². The molecule has 6 nitrogen and oxygen atoms in total. The van der Waals surface area contributed by atoms with Crippen LogP contribution in [0.25, 0.3) is 0 Å². The van der Waals surface area contributed by atoms with Crippen LogP contribution < -0.4 is 0 Å². The molecule has 6 heteroatoms. The molecular weight excluding hydrogens is 973 g/mol. The summed E-state index contributed by atoms with van der Waals surface area (Å²) in [6, 6.07) is 0. The summed E-state index contributed by atoms with van der Waals surface area (Å²) in [5, 5.41) is 60.7. The van der Waals surface area contributed by atoms with E-state index >= 15 is 0 Å². The number of hydrogen-bond acceptors (Lipinski definition) is 6. The lowest BCUT2D eigenvalue weighted by Crippen LogP contribution is -2.36. The molecule has 0 spiro atoms. The second-order valence-corrected chi connectivity index (χ2v) is 28.0. The molecule has 0 radical (unpaired) electrons. The summed E-state index contributed by atoms with van der Waals surface area (Å²) in [7, 11) is 0. The monoisotopic (exact) mass is 1100 g/mol. The summed E-state index contributed by atoms with van der Waals surface area (Å²) in [5.74, 6) is 7.30. The molecule has 9 fully saturated rings. The largest absolute Gasteiger partial charge is 0.392 e. The van der Waals surface area contributed by atoms with Gasteiger partial charge in [-0.2, -0.15) is 0 Å². The van der Waals surface area contributed by atoms with Gasteiger partial charge in [-0.05, 0) is 210 Å². The standard InChI is InChI=1S/2C23H38O2.C23H36O2.4CH4.H2/c3*1-5-15(2)19-10-11-20-18(7-6-12-23(19,20)4)9-8-17-13-21(24)16(3)22(25)14-17;;;;;/h2*8-9,15-16,19-22,24-25H,5-7,10-14H2,1-4H3;8-9,15,19-22,24-25H,3,5-7,10-14H2,1-2,4H3;4*1H4;1H/b2*17-8?,18-9+;18-9+;;;;;/t2*15-,16?,19?,20-,21+,22+,23+;15-,19?,20-,21+,22+,23+;;;;;/m000...../s1. The minimum atomic E-state index is -0.591. The van der Waals surface area contributed by atoms with Crippen molar-refractivity contribution < 1.29 is 32.1 Å². The van der Waals surface area contributed by atoms with E-state index < -0.39 is 36.6 Å². The molecule has 0 aliphatic heterocycles. The molecule has 0 aromatic heterocycles. The zero-order valence-electron chi connectivity index (χ0n) is 49.6. The Morgan fingerprint density at radius 2 is 0.696 bits per heavy atom. The third kappa shape index (κ3) is 15.6. The highest BCUT2D eigenvalue weighted by molar-refractivity contribution is 5.31. The third-order valence-corrected chi connectivity index (χ3v) is 23.8. The summed E-state index contributed by atoms with van der Waals surface area (Å²) >= 11 is 0. The average molecular weight is 1100 g/mol. The van der Waals surface area contributed by atoms with Crippen LogP contribution in [0, 0.1) is 81.3 Å². The number of rotatable bonds is 9. The lowest BCUT2D eigenvalue weighted by Gasteiger charge is -2.44. The van der Waals surface area contributed by atoms with Crippen LogP contribution in [0.4, 0.5) is 0 Å². The molecule has 0 aromatic carbocycles. The summed E-state index contributed by atoms with van der Waals surface area (Å²) in [6.45, 7) is 29.7. The molecule has 3 unspecified atom stereocenters. The Kier molecular flexibility index (Phi) is 27.6. The van der Waals surface area contributed by atoms with Gasteiger partial charge in [0.2, 0.25) is 0 Å². The first-order chi connectivity index (χ1) is 35.6. The van der Waals surface area contributed by atoms with Crippen molar-refractivity contribution in [1.29, 1.82) is 0 Å². The lowest BCUT2D eigenvalue weighted by atomic mass is 9.61. The van der Waals surface area contributed by atoms with Gasteiger partial charge in [0.1, 0.15) is 0 Å². The van der Waals surface area contributed by atoms with Crippen LogP contribution in [0.3, 0.4) is 0 Å². The van der Waals surface area contributed by atoms with Gasteiger partial charge in [0.25, 0.3) is 0 Å². The Labute approximate surface area is 489 Å². The van der Waals surface area contributed by atoms with E-state index in [1.807, 2.05) is 13.8 Å². The van der Waals surface area contributed by atoms with Gasteiger partial charge in [0.15, 0.2) is 0 Å². The molecule has 9 rings (SSSR count). The molecular formula is C73H130O6. The SMILES string of the molecule is C.C.C.C.C=C1[C@H](O)CC(=C/C=C2\CCC[C@]3(C)C([C@@H](C)CC)CC[C@@H]23)C[C@H]1O.CC[C@H](C)C1CC[C@H]2/C(=C/C=C3C[C@@H](O)C(C)[C@H](O)C3)CCC[C@]12C.CC[C@H](C)C1CC[C@H]2/C(=C/C=C3C[C@@H](O)C(C)[C@H](O)C3)CCC[C@]12C.[HH]. The fourth-order valence-corrected chi connectivity index (χ4v) is 18.1. The van der Waals surface area contributed by atoms with Crippen molar-refractivity contribution in [3.05, 3.63) is 82.0 Å². The highest BCUT2D eigenvalue weighted by Gasteiger charge is 2.53. The Hall–Kier alpha value is -2.06. The minimum Gasteiger partial charge on any atom is -0.392 e. The molecule has 0 saturated heterocycles. The van der Waals surface area contributed by atoms with Crippen molar-refractivity contribution in [3.8, 4) is 0 Å². The Bertz CT molecular complexity index is 1980. The zero-order chi connectivity index (χ0) is 54.6. The maximum Gasteiger partial charge on any atom is 0.0809 e. The molecule has 9 aliphatic carbocycles. The van der Waals surface area contributed by atoms with Gasteiger partial charge >= 0.3 is 0 Å². The first-order valence-corrected chi connectivity index (χ1v) is 31.5. The average Bonchev–Trinajstić information content (AvgIpc) is 4.06. The maximum atomic E-state index is 10.1. The van der Waals surface area contributed by atoms with E-state index in [0.29, 0.717) is 34.7 Å². The highest BCUT2D eigenvalue weighted by Crippen LogP contribution is 2.62. The molecule has 9 saturated carbocycles. The van der Waals surface area contributed by atoms with Gasteiger partial charge in [-0.15, -0.1) is 0 Å². The topological polar surface area (TPSA) is 121 Å². The molecule has 0 aromatic rings. The smallest absolute Gasteiger partial charge is 0.0809 e. The molecule has 18 atom stereocenters. The predicted octanol–water partition coefficient (Wildman–Crippen LogP) is 18.5. The fraction of sp³-hybridized carbons (Fsp3) is 0.808. The van der Waals surface area contributed by atoms with Crippen LogP contribution in [0.2, 0.25) is 0 Å². The highest BCUT2D eigenvalue weighted by atomic mass is 16.3. The van der Waals surface area contributed by atoms with E-state index in [2.05, 4.69) is 105 Å². The summed E-state index contributed by atoms with van der Waals surface area (Å²) in [4.78, 5) is 0. The van der Waals surface area contributed by atoms with E-state index in [-0.39, 0.29) is 43.0 Å².